The van der Waals surface area contributed by atoms with Gasteiger partial charge in [-0.2, -0.15) is 0 Å². The van der Waals surface area contributed by atoms with Crippen LogP contribution in [-0.2, 0) is 0 Å². The zero-order chi connectivity index (χ0) is 24.1. The van der Waals surface area contributed by atoms with Crippen molar-refractivity contribution in [3.63, 3.8) is 0 Å². The lowest BCUT2D eigenvalue weighted by Crippen LogP contribution is -2.50. The molecule has 3 aromatic carbocycles. The summed E-state index contributed by atoms with van der Waals surface area (Å²) in [6.45, 7) is 13.5. The average molecular weight is 461 g/mol. The number of methoxy groups -OCH3 is 1. The summed E-state index contributed by atoms with van der Waals surface area (Å²) in [5.74, 6) is 1.15. The molecule has 33 heavy (non-hydrogen) atoms. The summed E-state index contributed by atoms with van der Waals surface area (Å²) >= 11 is 0. The van der Waals surface area contributed by atoms with E-state index in [0.29, 0.717) is 33.5 Å². The molecule has 4 rings (SSSR count). The molecule has 0 unspecified atom stereocenters. The SMILES string of the molecule is COc1ccc2c(ccc3c(O[Si](C(C)C)(C(C)C)C(C)C)cc4c(c32)C(=O)C=CC4=O)c1. The van der Waals surface area contributed by atoms with Gasteiger partial charge < -0.3 is 9.16 Å². The number of hydrogen-bond donors (Lipinski definition) is 0. The van der Waals surface area contributed by atoms with Gasteiger partial charge in [0.1, 0.15) is 11.5 Å². The molecule has 0 aliphatic heterocycles. The molecule has 0 saturated heterocycles. The van der Waals surface area contributed by atoms with Crippen LogP contribution in [0.25, 0.3) is 21.5 Å². The first-order valence-electron chi connectivity index (χ1n) is 11.6. The maximum atomic E-state index is 13.0. The van der Waals surface area contributed by atoms with Gasteiger partial charge in [0.15, 0.2) is 11.6 Å². The Morgan fingerprint density at radius 2 is 1.36 bits per heavy atom. The molecule has 4 nitrogen and oxygen atoms in total. The van der Waals surface area contributed by atoms with Crippen LogP contribution in [0.1, 0.15) is 62.3 Å². The lowest BCUT2D eigenvalue weighted by Gasteiger charge is -2.42. The van der Waals surface area contributed by atoms with Gasteiger partial charge in [-0.3, -0.25) is 9.59 Å². The maximum Gasteiger partial charge on any atom is 0.258 e. The highest BCUT2D eigenvalue weighted by Gasteiger charge is 2.47. The minimum Gasteiger partial charge on any atom is -0.542 e. The van der Waals surface area contributed by atoms with Crippen molar-refractivity contribution >= 4 is 41.4 Å². The van der Waals surface area contributed by atoms with E-state index in [2.05, 4.69) is 41.5 Å². The summed E-state index contributed by atoms with van der Waals surface area (Å²) in [5, 5.41) is 3.53. The Labute approximate surface area is 196 Å². The second-order valence-electron chi connectivity index (χ2n) is 9.85. The molecule has 0 amide bonds. The van der Waals surface area contributed by atoms with Gasteiger partial charge in [-0.05, 0) is 57.7 Å². The first-order valence-corrected chi connectivity index (χ1v) is 13.8. The van der Waals surface area contributed by atoms with Crippen LogP contribution in [-0.4, -0.2) is 27.0 Å². The molecule has 0 heterocycles. The Balaban J connectivity index is 2.11. The molecule has 0 spiro atoms. The van der Waals surface area contributed by atoms with Crippen molar-refractivity contribution in [2.24, 2.45) is 0 Å². The van der Waals surface area contributed by atoms with Crippen LogP contribution < -0.4 is 9.16 Å². The predicted octanol–water partition coefficient (Wildman–Crippen LogP) is 7.49. The smallest absolute Gasteiger partial charge is 0.258 e. The second kappa shape index (κ2) is 8.45. The lowest BCUT2D eigenvalue weighted by atomic mass is 9.87. The van der Waals surface area contributed by atoms with Crippen molar-refractivity contribution in [3.05, 3.63) is 59.7 Å². The quantitative estimate of drug-likeness (QED) is 0.282. The van der Waals surface area contributed by atoms with Gasteiger partial charge in [-0.15, -0.1) is 0 Å². The number of ether oxygens (including phenoxy) is 1. The molecular formula is C28H32O4Si. The zero-order valence-corrected chi connectivity index (χ0v) is 21.5. The van der Waals surface area contributed by atoms with E-state index in [-0.39, 0.29) is 11.6 Å². The maximum absolute atomic E-state index is 13.0. The standard InChI is InChI=1S/C28H32O4Si/c1-16(2)33(17(3)4,18(5)6)32-26-15-23-24(29)12-13-25(30)28(23)27-21-11-9-20(31-7)14-19(21)8-10-22(26)27/h8-18H,1-7H3. The molecule has 0 aromatic heterocycles. The monoisotopic (exact) mass is 460 g/mol. The normalized spacial score (nSPS) is 14.1. The largest absolute Gasteiger partial charge is 0.542 e. The Kier molecular flexibility index (Phi) is 5.95. The van der Waals surface area contributed by atoms with Crippen molar-refractivity contribution in [1.82, 2.24) is 0 Å². The Morgan fingerprint density at radius 1 is 0.758 bits per heavy atom. The second-order valence-corrected chi connectivity index (χ2v) is 15.2. The Morgan fingerprint density at radius 3 is 1.97 bits per heavy atom. The third-order valence-corrected chi connectivity index (χ3v) is 13.2. The van der Waals surface area contributed by atoms with Crippen LogP contribution in [0.5, 0.6) is 11.5 Å². The molecule has 1 aliphatic carbocycles. The molecule has 0 N–H and O–H groups in total. The van der Waals surface area contributed by atoms with Crippen LogP contribution in [0.4, 0.5) is 0 Å². The van der Waals surface area contributed by atoms with E-state index in [1.165, 1.54) is 12.2 Å². The van der Waals surface area contributed by atoms with Crippen molar-refractivity contribution in [1.29, 1.82) is 0 Å². The number of hydrogen-bond acceptors (Lipinski definition) is 4. The molecule has 0 bridgehead atoms. The number of fused-ring (bicyclic) bond motifs is 5. The van der Waals surface area contributed by atoms with Gasteiger partial charge in [-0.25, -0.2) is 0 Å². The fourth-order valence-corrected chi connectivity index (χ4v) is 11.0. The predicted molar refractivity (Wildman–Crippen MR) is 137 cm³/mol. The molecule has 5 heteroatoms. The summed E-state index contributed by atoms with van der Waals surface area (Å²) in [7, 11) is -0.650. The van der Waals surface area contributed by atoms with Gasteiger partial charge in [0.2, 0.25) is 0 Å². The fourth-order valence-electron chi connectivity index (χ4n) is 5.73. The molecule has 0 saturated carbocycles. The van der Waals surface area contributed by atoms with Crippen molar-refractivity contribution < 1.29 is 18.8 Å². The van der Waals surface area contributed by atoms with E-state index < -0.39 is 8.32 Å². The molecular weight excluding hydrogens is 428 g/mol. The zero-order valence-electron chi connectivity index (χ0n) is 20.5. The number of carbonyl (C=O) groups excluding carboxylic acids is 2. The van der Waals surface area contributed by atoms with Gasteiger partial charge in [0, 0.05) is 21.9 Å². The molecule has 3 aromatic rings. The molecule has 0 fully saturated rings. The van der Waals surface area contributed by atoms with E-state index in [0.717, 1.165) is 27.3 Å². The Bertz CT molecular complexity index is 1280. The topological polar surface area (TPSA) is 52.6 Å². The van der Waals surface area contributed by atoms with Crippen LogP contribution in [0, 0.1) is 0 Å². The van der Waals surface area contributed by atoms with Gasteiger partial charge >= 0.3 is 0 Å². The minimum absolute atomic E-state index is 0.149. The van der Waals surface area contributed by atoms with Crippen LogP contribution in [0.3, 0.4) is 0 Å². The number of allylic oxidation sites excluding steroid dienone is 2. The van der Waals surface area contributed by atoms with Gasteiger partial charge in [0.05, 0.1) is 7.11 Å². The Hall–Kier alpha value is -2.92. The lowest BCUT2D eigenvalue weighted by molar-refractivity contribution is 0.0995. The highest BCUT2D eigenvalue weighted by Crippen LogP contribution is 2.46. The van der Waals surface area contributed by atoms with E-state index in [9.17, 15) is 9.59 Å². The average Bonchev–Trinajstić information content (AvgIpc) is 2.78. The van der Waals surface area contributed by atoms with Crippen LogP contribution in [0.15, 0.2) is 48.6 Å². The summed E-state index contributed by atoms with van der Waals surface area (Å²) in [4.78, 5) is 26.0. The van der Waals surface area contributed by atoms with E-state index in [1.807, 2.05) is 36.4 Å². The number of benzene rings is 3. The van der Waals surface area contributed by atoms with Crippen molar-refractivity contribution in [2.75, 3.05) is 7.11 Å². The highest BCUT2D eigenvalue weighted by molar-refractivity contribution is 6.78. The van der Waals surface area contributed by atoms with Gasteiger partial charge in [-0.1, -0.05) is 59.7 Å². The molecule has 1 aliphatic rings. The molecule has 0 atom stereocenters. The first-order chi connectivity index (χ1) is 15.6. The van der Waals surface area contributed by atoms with Crippen molar-refractivity contribution in [2.45, 2.75) is 58.2 Å². The van der Waals surface area contributed by atoms with Crippen LogP contribution in [0.2, 0.25) is 16.6 Å². The third kappa shape index (κ3) is 3.59. The minimum atomic E-state index is -2.29. The highest BCUT2D eigenvalue weighted by atomic mass is 28.4. The van der Waals surface area contributed by atoms with E-state index in [4.69, 9.17) is 9.16 Å². The first kappa shape index (κ1) is 23.2. The molecule has 0 radical (unpaired) electrons. The fraction of sp³-hybridized carbons (Fsp3) is 0.357. The third-order valence-electron chi connectivity index (χ3n) is 7.18. The van der Waals surface area contributed by atoms with Gasteiger partial charge in [0.25, 0.3) is 8.32 Å². The number of carbonyl (C=O) groups is 2. The summed E-state index contributed by atoms with van der Waals surface area (Å²) in [6, 6.07) is 11.7. The van der Waals surface area contributed by atoms with Crippen molar-refractivity contribution in [3.8, 4) is 11.5 Å². The van der Waals surface area contributed by atoms with E-state index >= 15 is 0 Å². The summed E-state index contributed by atoms with van der Waals surface area (Å²) in [6.07, 6.45) is 2.74. The number of rotatable bonds is 6. The summed E-state index contributed by atoms with van der Waals surface area (Å²) < 4.78 is 12.5. The molecule has 172 valence electrons. The number of ketones is 2. The van der Waals surface area contributed by atoms with Crippen LogP contribution >= 0.6 is 0 Å². The summed E-state index contributed by atoms with van der Waals surface area (Å²) in [5.41, 5.74) is 2.03. The van der Waals surface area contributed by atoms with E-state index in [1.54, 1.807) is 7.11 Å².